The lowest BCUT2D eigenvalue weighted by atomic mass is 10.0. The van der Waals surface area contributed by atoms with Crippen molar-refractivity contribution >= 4 is 32.7 Å². The van der Waals surface area contributed by atoms with Gasteiger partial charge in [0.25, 0.3) is 0 Å². The summed E-state index contributed by atoms with van der Waals surface area (Å²) in [6, 6.07) is 5.23. The average molecular weight is 433 g/mol. The predicted octanol–water partition coefficient (Wildman–Crippen LogP) is 1.95. The third-order valence-electron chi connectivity index (χ3n) is 6.26. The van der Waals surface area contributed by atoms with Gasteiger partial charge >= 0.3 is 5.97 Å². The Morgan fingerprint density at radius 2 is 1.87 bits per heavy atom. The number of ether oxygens (including phenoxy) is 1. The molecule has 3 heterocycles. The minimum absolute atomic E-state index is 0.125. The summed E-state index contributed by atoms with van der Waals surface area (Å²) in [5, 5.41) is 0.860. The Labute approximate surface area is 177 Å². The molecular weight excluding hydrogens is 404 g/mol. The van der Waals surface area contributed by atoms with Crippen molar-refractivity contribution in [1.82, 2.24) is 14.9 Å². The van der Waals surface area contributed by atoms with Crippen molar-refractivity contribution in [2.45, 2.75) is 49.6 Å². The fourth-order valence-electron chi connectivity index (χ4n) is 4.64. The van der Waals surface area contributed by atoms with Crippen molar-refractivity contribution in [2.75, 3.05) is 37.9 Å². The molecule has 1 aromatic heterocycles. The molecule has 0 bridgehead atoms. The number of benzene rings is 1. The zero-order valence-corrected chi connectivity index (χ0v) is 18.5. The van der Waals surface area contributed by atoms with Crippen molar-refractivity contribution in [3.63, 3.8) is 0 Å². The molecule has 1 aromatic carbocycles. The first kappa shape index (κ1) is 21.0. The molecule has 0 saturated carbocycles. The molecule has 2 aliphatic heterocycles. The fraction of sp³-hybridized carbons (Fsp3) is 0.571. The molecule has 1 atom stereocenters. The van der Waals surface area contributed by atoms with Crippen LogP contribution in [-0.4, -0.2) is 74.3 Å². The number of likely N-dealkylation sites (tertiary alicyclic amines) is 1. The van der Waals surface area contributed by atoms with Gasteiger partial charge in [-0.1, -0.05) is 0 Å². The predicted molar refractivity (Wildman–Crippen MR) is 114 cm³/mol. The molecule has 0 radical (unpaired) electrons. The molecular formula is C21H28N4O4S. The van der Waals surface area contributed by atoms with Gasteiger partial charge in [0.1, 0.15) is 6.04 Å². The van der Waals surface area contributed by atoms with Crippen LogP contribution in [-0.2, 0) is 19.4 Å². The van der Waals surface area contributed by atoms with E-state index in [1.807, 2.05) is 6.92 Å². The van der Waals surface area contributed by atoms with Crippen molar-refractivity contribution in [2.24, 2.45) is 0 Å². The molecule has 0 amide bonds. The summed E-state index contributed by atoms with van der Waals surface area (Å²) < 4.78 is 28.8. The number of methoxy groups -OCH3 is 1. The number of carbonyl (C=O) groups is 1. The number of nitrogens with zero attached hydrogens (tertiary/aromatic N) is 4. The Bertz CT molecular complexity index is 1060. The summed E-state index contributed by atoms with van der Waals surface area (Å²) in [4.78, 5) is 26.1. The highest BCUT2D eigenvalue weighted by atomic mass is 32.2. The molecule has 4 rings (SSSR count). The van der Waals surface area contributed by atoms with E-state index in [-0.39, 0.29) is 16.9 Å². The zero-order chi connectivity index (χ0) is 21.5. The van der Waals surface area contributed by atoms with Crippen LogP contribution in [0.15, 0.2) is 23.1 Å². The number of esters is 1. The first-order valence-corrected chi connectivity index (χ1v) is 12.2. The molecule has 0 unspecified atom stereocenters. The van der Waals surface area contributed by atoms with Crippen LogP contribution in [0.1, 0.15) is 31.4 Å². The zero-order valence-electron chi connectivity index (χ0n) is 17.7. The molecule has 2 aliphatic rings. The Kier molecular flexibility index (Phi) is 5.67. The van der Waals surface area contributed by atoms with Crippen LogP contribution < -0.4 is 4.90 Å². The van der Waals surface area contributed by atoms with Crippen molar-refractivity contribution in [3.05, 3.63) is 23.9 Å². The topological polar surface area (TPSA) is 92.7 Å². The Morgan fingerprint density at radius 3 is 2.53 bits per heavy atom. The molecule has 2 aromatic rings. The lowest BCUT2D eigenvalue weighted by molar-refractivity contribution is -0.146. The van der Waals surface area contributed by atoms with E-state index in [1.54, 1.807) is 18.2 Å². The van der Waals surface area contributed by atoms with Gasteiger partial charge in [0.15, 0.2) is 9.84 Å². The number of hydrogen-bond acceptors (Lipinski definition) is 8. The third kappa shape index (κ3) is 4.00. The number of hydrogen-bond donors (Lipinski definition) is 0. The molecule has 0 N–H and O–H groups in total. The molecule has 2 saturated heterocycles. The normalized spacial score (nSPS) is 21.3. The van der Waals surface area contributed by atoms with E-state index < -0.39 is 9.84 Å². The third-order valence-corrected chi connectivity index (χ3v) is 7.37. The summed E-state index contributed by atoms with van der Waals surface area (Å²) in [5.74, 6) is 0.500. The van der Waals surface area contributed by atoms with Crippen LogP contribution in [0.25, 0.3) is 10.9 Å². The van der Waals surface area contributed by atoms with Crippen LogP contribution in [0, 0.1) is 6.92 Å². The monoisotopic (exact) mass is 432 g/mol. The number of aryl methyl sites for hydroxylation is 1. The van der Waals surface area contributed by atoms with Gasteiger partial charge in [-0.3, -0.25) is 9.69 Å². The number of aromatic nitrogens is 2. The number of rotatable bonds is 4. The maximum atomic E-state index is 12.1. The van der Waals surface area contributed by atoms with Crippen molar-refractivity contribution in [3.8, 4) is 0 Å². The van der Waals surface area contributed by atoms with Gasteiger partial charge in [0, 0.05) is 30.8 Å². The van der Waals surface area contributed by atoms with Gasteiger partial charge in [-0.05, 0) is 57.4 Å². The van der Waals surface area contributed by atoms with Crippen LogP contribution >= 0.6 is 0 Å². The second kappa shape index (κ2) is 8.11. The first-order valence-electron chi connectivity index (χ1n) is 10.3. The lowest BCUT2D eigenvalue weighted by Crippen LogP contribution is -2.49. The molecule has 2 fully saturated rings. The largest absolute Gasteiger partial charge is 0.468 e. The van der Waals surface area contributed by atoms with E-state index in [9.17, 15) is 13.2 Å². The average Bonchev–Trinajstić information content (AvgIpc) is 3.22. The maximum absolute atomic E-state index is 12.1. The highest BCUT2D eigenvalue weighted by Crippen LogP contribution is 2.29. The summed E-state index contributed by atoms with van der Waals surface area (Å²) in [6.45, 7) is 4.45. The quantitative estimate of drug-likeness (QED) is 0.677. The SMILES string of the molecule is COC(=O)[C@@H]1CCCN1C1CCN(c2nc(C)c3ccc(S(C)(=O)=O)cc3n2)CC1. The number of carbonyl (C=O) groups excluding carboxylic acids is 1. The van der Waals surface area contributed by atoms with Gasteiger partial charge in [-0.25, -0.2) is 18.4 Å². The summed E-state index contributed by atoms with van der Waals surface area (Å²) in [7, 11) is -1.84. The van der Waals surface area contributed by atoms with Crippen LogP contribution in [0.2, 0.25) is 0 Å². The smallest absolute Gasteiger partial charge is 0.323 e. The summed E-state index contributed by atoms with van der Waals surface area (Å²) in [5.41, 5.74) is 1.48. The highest BCUT2D eigenvalue weighted by molar-refractivity contribution is 7.90. The molecule has 0 aliphatic carbocycles. The van der Waals surface area contributed by atoms with E-state index >= 15 is 0 Å². The number of piperidine rings is 1. The van der Waals surface area contributed by atoms with Gasteiger partial charge in [0.2, 0.25) is 5.95 Å². The van der Waals surface area contributed by atoms with Gasteiger partial charge in [-0.2, -0.15) is 0 Å². The summed E-state index contributed by atoms with van der Waals surface area (Å²) >= 11 is 0. The van der Waals surface area contributed by atoms with E-state index in [4.69, 9.17) is 4.74 Å². The highest BCUT2D eigenvalue weighted by Gasteiger charge is 2.37. The molecule has 0 spiro atoms. The van der Waals surface area contributed by atoms with Gasteiger partial charge in [0.05, 0.1) is 23.2 Å². The molecule has 162 valence electrons. The van der Waals surface area contributed by atoms with Crippen molar-refractivity contribution < 1.29 is 17.9 Å². The number of anilines is 1. The maximum Gasteiger partial charge on any atom is 0.323 e. The van der Waals surface area contributed by atoms with E-state index in [0.29, 0.717) is 17.5 Å². The van der Waals surface area contributed by atoms with E-state index in [2.05, 4.69) is 19.8 Å². The van der Waals surface area contributed by atoms with E-state index in [0.717, 1.165) is 56.4 Å². The number of fused-ring (bicyclic) bond motifs is 1. The lowest BCUT2D eigenvalue weighted by Gasteiger charge is -2.38. The second-order valence-corrected chi connectivity index (χ2v) is 10.2. The second-order valence-electron chi connectivity index (χ2n) is 8.20. The minimum atomic E-state index is -3.29. The standard InChI is InChI=1S/C21H28N4O4S/c1-14-17-7-6-16(30(3,27)28)13-18(17)23-21(22-14)24-11-8-15(9-12-24)25-10-4-5-19(25)20(26)29-2/h6-7,13,15,19H,4-5,8-12H2,1-3H3/t19-/m0/s1. The van der Waals surface area contributed by atoms with E-state index in [1.165, 1.54) is 13.4 Å². The Balaban J connectivity index is 1.52. The van der Waals surface area contributed by atoms with Gasteiger partial charge in [-0.15, -0.1) is 0 Å². The molecule has 30 heavy (non-hydrogen) atoms. The first-order chi connectivity index (χ1) is 14.3. The Morgan fingerprint density at radius 1 is 1.13 bits per heavy atom. The minimum Gasteiger partial charge on any atom is -0.468 e. The van der Waals surface area contributed by atoms with Crippen LogP contribution in [0.5, 0.6) is 0 Å². The molecule has 9 heteroatoms. The fourth-order valence-corrected chi connectivity index (χ4v) is 5.28. The van der Waals surface area contributed by atoms with Crippen molar-refractivity contribution in [1.29, 1.82) is 0 Å². The Hall–Kier alpha value is -2.26. The number of sulfone groups is 1. The summed E-state index contributed by atoms with van der Waals surface area (Å²) in [6.07, 6.45) is 4.95. The van der Waals surface area contributed by atoms with Gasteiger partial charge < -0.3 is 9.64 Å². The molecule has 8 nitrogen and oxygen atoms in total. The van der Waals surface area contributed by atoms with Crippen LogP contribution in [0.4, 0.5) is 5.95 Å². The van der Waals surface area contributed by atoms with Crippen LogP contribution in [0.3, 0.4) is 0 Å².